The standard InChI is InChI=1S/C14H25N3O2/c1-3-15-12-7-5-4-6-11(12)10-14-16-13(17-19-14)8-9-18-2/h11-12,15H,3-10H2,1-2H3. The summed E-state index contributed by atoms with van der Waals surface area (Å²) in [6, 6.07) is 0.605. The molecule has 0 bridgehead atoms. The summed E-state index contributed by atoms with van der Waals surface area (Å²) in [5.41, 5.74) is 0. The number of hydrogen-bond acceptors (Lipinski definition) is 5. The average molecular weight is 267 g/mol. The summed E-state index contributed by atoms with van der Waals surface area (Å²) in [6.07, 6.45) is 6.80. The minimum atomic E-state index is 0.605. The summed E-state index contributed by atoms with van der Waals surface area (Å²) in [6.45, 7) is 3.84. The van der Waals surface area contributed by atoms with Crippen molar-refractivity contribution in [2.75, 3.05) is 20.3 Å². The van der Waals surface area contributed by atoms with Crippen LogP contribution in [0.25, 0.3) is 0 Å². The van der Waals surface area contributed by atoms with Gasteiger partial charge in [-0.1, -0.05) is 24.9 Å². The van der Waals surface area contributed by atoms with Crippen molar-refractivity contribution in [3.63, 3.8) is 0 Å². The van der Waals surface area contributed by atoms with Crippen LogP contribution in [0.4, 0.5) is 0 Å². The summed E-state index contributed by atoms with van der Waals surface area (Å²) in [5, 5.41) is 7.59. The molecule has 0 radical (unpaired) electrons. The summed E-state index contributed by atoms with van der Waals surface area (Å²) in [4.78, 5) is 4.45. The summed E-state index contributed by atoms with van der Waals surface area (Å²) in [5.74, 6) is 2.16. The highest BCUT2D eigenvalue weighted by Crippen LogP contribution is 2.27. The van der Waals surface area contributed by atoms with Crippen molar-refractivity contribution in [3.8, 4) is 0 Å². The van der Waals surface area contributed by atoms with Crippen molar-refractivity contribution in [1.29, 1.82) is 0 Å². The fourth-order valence-corrected chi connectivity index (χ4v) is 2.88. The summed E-state index contributed by atoms with van der Waals surface area (Å²) < 4.78 is 10.4. The normalized spacial score (nSPS) is 23.7. The Morgan fingerprint density at radius 1 is 1.37 bits per heavy atom. The molecule has 2 unspecified atom stereocenters. The van der Waals surface area contributed by atoms with E-state index in [1.54, 1.807) is 7.11 Å². The van der Waals surface area contributed by atoms with Crippen molar-refractivity contribution in [1.82, 2.24) is 15.5 Å². The Kier molecular flexibility index (Phi) is 5.79. The maximum atomic E-state index is 5.35. The van der Waals surface area contributed by atoms with Gasteiger partial charge in [-0.3, -0.25) is 0 Å². The predicted molar refractivity (Wildman–Crippen MR) is 73.0 cm³/mol. The van der Waals surface area contributed by atoms with Crippen molar-refractivity contribution in [2.45, 2.75) is 51.5 Å². The molecule has 108 valence electrons. The van der Waals surface area contributed by atoms with Crippen LogP contribution in [0.1, 0.15) is 44.3 Å². The topological polar surface area (TPSA) is 60.2 Å². The summed E-state index contributed by atoms with van der Waals surface area (Å²) >= 11 is 0. The Labute approximate surface area is 115 Å². The van der Waals surface area contributed by atoms with E-state index in [0.29, 0.717) is 18.6 Å². The number of methoxy groups -OCH3 is 1. The van der Waals surface area contributed by atoms with E-state index in [0.717, 1.165) is 31.1 Å². The van der Waals surface area contributed by atoms with Crippen LogP contribution in [0.2, 0.25) is 0 Å². The predicted octanol–water partition coefficient (Wildman–Crippen LogP) is 1.97. The second-order valence-electron chi connectivity index (χ2n) is 5.26. The molecule has 0 aliphatic heterocycles. The number of nitrogens with one attached hydrogen (secondary N) is 1. The number of hydrogen-bond donors (Lipinski definition) is 1. The van der Waals surface area contributed by atoms with E-state index in [9.17, 15) is 0 Å². The van der Waals surface area contributed by atoms with Crippen LogP contribution in [0.15, 0.2) is 4.52 Å². The molecule has 5 nitrogen and oxygen atoms in total. The van der Waals surface area contributed by atoms with Crippen molar-refractivity contribution in [2.24, 2.45) is 5.92 Å². The molecular weight excluding hydrogens is 242 g/mol. The van der Waals surface area contributed by atoms with Gasteiger partial charge in [0.15, 0.2) is 5.82 Å². The Hall–Kier alpha value is -0.940. The van der Waals surface area contributed by atoms with Crippen LogP contribution in [0, 0.1) is 5.92 Å². The molecule has 0 saturated heterocycles. The molecule has 5 heteroatoms. The van der Waals surface area contributed by atoms with Gasteiger partial charge >= 0.3 is 0 Å². The van der Waals surface area contributed by atoms with Gasteiger partial charge in [0.1, 0.15) is 0 Å². The second-order valence-corrected chi connectivity index (χ2v) is 5.26. The first-order chi connectivity index (χ1) is 9.33. The van der Waals surface area contributed by atoms with Crippen molar-refractivity contribution < 1.29 is 9.26 Å². The smallest absolute Gasteiger partial charge is 0.226 e. The van der Waals surface area contributed by atoms with Crippen molar-refractivity contribution >= 4 is 0 Å². The van der Waals surface area contributed by atoms with Crippen LogP contribution < -0.4 is 5.32 Å². The maximum absolute atomic E-state index is 5.35. The van der Waals surface area contributed by atoms with Crippen LogP contribution in [-0.2, 0) is 17.6 Å². The lowest BCUT2D eigenvalue weighted by molar-refractivity contribution is 0.199. The van der Waals surface area contributed by atoms with E-state index in [1.165, 1.54) is 25.7 Å². The highest BCUT2D eigenvalue weighted by atomic mass is 16.5. The second kappa shape index (κ2) is 7.60. The third kappa shape index (κ3) is 4.28. The molecular formula is C14H25N3O2. The molecule has 1 aliphatic rings. The van der Waals surface area contributed by atoms with E-state index in [4.69, 9.17) is 9.26 Å². The van der Waals surface area contributed by atoms with E-state index < -0.39 is 0 Å². The van der Waals surface area contributed by atoms with E-state index in [1.807, 2.05) is 0 Å². The first-order valence-electron chi connectivity index (χ1n) is 7.37. The lowest BCUT2D eigenvalue weighted by Gasteiger charge is -2.31. The largest absolute Gasteiger partial charge is 0.384 e. The summed E-state index contributed by atoms with van der Waals surface area (Å²) in [7, 11) is 1.68. The number of aromatic nitrogens is 2. The lowest BCUT2D eigenvalue weighted by atomic mass is 9.82. The quantitative estimate of drug-likeness (QED) is 0.818. The molecule has 1 aromatic rings. The molecule has 1 aromatic heterocycles. The van der Waals surface area contributed by atoms with Gasteiger partial charge in [0.2, 0.25) is 5.89 Å². The maximum Gasteiger partial charge on any atom is 0.226 e. The first kappa shape index (κ1) is 14.5. The van der Waals surface area contributed by atoms with Crippen LogP contribution in [-0.4, -0.2) is 36.4 Å². The third-order valence-electron chi connectivity index (χ3n) is 3.85. The molecule has 1 saturated carbocycles. The first-order valence-corrected chi connectivity index (χ1v) is 7.37. The fourth-order valence-electron chi connectivity index (χ4n) is 2.88. The van der Waals surface area contributed by atoms with Crippen LogP contribution in [0.3, 0.4) is 0 Å². The SMILES string of the molecule is CCNC1CCCCC1Cc1nc(CCOC)no1. The minimum absolute atomic E-state index is 0.605. The fraction of sp³-hybridized carbons (Fsp3) is 0.857. The number of rotatable bonds is 7. The zero-order valence-corrected chi connectivity index (χ0v) is 12.0. The molecule has 0 aromatic carbocycles. The van der Waals surface area contributed by atoms with Gasteiger partial charge in [0.05, 0.1) is 6.61 Å². The zero-order valence-electron chi connectivity index (χ0n) is 12.0. The molecule has 1 heterocycles. The van der Waals surface area contributed by atoms with Crippen LogP contribution >= 0.6 is 0 Å². The molecule has 2 atom stereocenters. The molecule has 1 fully saturated rings. The molecule has 2 rings (SSSR count). The Balaban J connectivity index is 1.89. The Bertz CT molecular complexity index is 365. The monoisotopic (exact) mass is 267 g/mol. The van der Waals surface area contributed by atoms with Gasteiger partial charge in [-0.25, -0.2) is 0 Å². The molecule has 19 heavy (non-hydrogen) atoms. The highest BCUT2D eigenvalue weighted by molar-refractivity contribution is 4.92. The van der Waals surface area contributed by atoms with E-state index >= 15 is 0 Å². The van der Waals surface area contributed by atoms with Gasteiger partial charge < -0.3 is 14.6 Å². The van der Waals surface area contributed by atoms with Gasteiger partial charge in [0, 0.05) is 26.0 Å². The number of ether oxygens (including phenoxy) is 1. The number of nitrogens with zero attached hydrogens (tertiary/aromatic N) is 2. The molecule has 1 N–H and O–H groups in total. The molecule has 0 spiro atoms. The Morgan fingerprint density at radius 3 is 3.00 bits per heavy atom. The average Bonchev–Trinajstić information content (AvgIpc) is 2.87. The highest BCUT2D eigenvalue weighted by Gasteiger charge is 2.26. The Morgan fingerprint density at radius 2 is 2.21 bits per heavy atom. The molecule has 1 aliphatic carbocycles. The third-order valence-corrected chi connectivity index (χ3v) is 3.85. The van der Waals surface area contributed by atoms with Gasteiger partial charge in [-0.05, 0) is 25.3 Å². The van der Waals surface area contributed by atoms with Crippen molar-refractivity contribution in [3.05, 3.63) is 11.7 Å². The van der Waals surface area contributed by atoms with Crippen LogP contribution in [0.5, 0.6) is 0 Å². The van der Waals surface area contributed by atoms with E-state index in [-0.39, 0.29) is 0 Å². The van der Waals surface area contributed by atoms with Gasteiger partial charge in [-0.15, -0.1) is 0 Å². The van der Waals surface area contributed by atoms with Gasteiger partial charge in [-0.2, -0.15) is 4.98 Å². The minimum Gasteiger partial charge on any atom is -0.384 e. The molecule has 0 amide bonds. The zero-order chi connectivity index (χ0) is 13.5. The van der Waals surface area contributed by atoms with E-state index in [2.05, 4.69) is 22.4 Å². The van der Waals surface area contributed by atoms with Gasteiger partial charge in [0.25, 0.3) is 0 Å². The lowest BCUT2D eigenvalue weighted by Crippen LogP contribution is -2.39.